The van der Waals surface area contributed by atoms with Gasteiger partial charge in [0.2, 0.25) is 0 Å². The minimum Gasteiger partial charge on any atom is -0.379 e. The van der Waals surface area contributed by atoms with Crippen molar-refractivity contribution in [2.24, 2.45) is 11.7 Å². The molecule has 0 heterocycles. The molecule has 0 radical (unpaired) electrons. The lowest BCUT2D eigenvalue weighted by Gasteiger charge is -2.12. The Hall–Kier alpha value is -1.00. The van der Waals surface area contributed by atoms with Crippen molar-refractivity contribution in [3.05, 3.63) is 35.4 Å². The third kappa shape index (κ3) is 3.75. The maximum Gasteiger partial charge on any atom is 0.159 e. The predicted octanol–water partition coefficient (Wildman–Crippen LogP) is 2.78. The average Bonchev–Trinajstić information content (AvgIpc) is 3.12. The van der Waals surface area contributed by atoms with Crippen LogP contribution in [0.25, 0.3) is 0 Å². The van der Waals surface area contributed by atoms with Crippen molar-refractivity contribution in [1.82, 2.24) is 0 Å². The van der Waals surface area contributed by atoms with Gasteiger partial charge in [0.25, 0.3) is 0 Å². The first kappa shape index (κ1) is 12.5. The van der Waals surface area contributed by atoms with Crippen molar-refractivity contribution in [2.45, 2.75) is 25.3 Å². The predicted molar refractivity (Wildman–Crippen MR) is 61.4 cm³/mol. The molecule has 2 nitrogen and oxygen atoms in total. The first-order valence-corrected chi connectivity index (χ1v) is 5.95. The van der Waals surface area contributed by atoms with Gasteiger partial charge in [-0.1, -0.05) is 18.9 Å². The molecule has 0 aliphatic heterocycles. The molecule has 0 spiro atoms. The number of nitrogens with two attached hydrogens (primary N) is 1. The molecular weight excluding hydrogens is 224 g/mol. The SMILES string of the molecule is NC(COCCC1CC1)c1ccc(F)c(F)c1. The Kier molecular flexibility index (Phi) is 4.07. The third-order valence-electron chi connectivity index (χ3n) is 3.04. The van der Waals surface area contributed by atoms with Crippen LogP contribution in [0.5, 0.6) is 0 Å². The molecule has 1 unspecified atom stereocenters. The number of benzene rings is 1. The monoisotopic (exact) mass is 241 g/mol. The zero-order valence-corrected chi connectivity index (χ0v) is 9.66. The molecule has 17 heavy (non-hydrogen) atoms. The molecule has 1 atom stereocenters. The molecule has 4 heteroatoms. The molecular formula is C13H17F2NO. The van der Waals surface area contributed by atoms with Crippen molar-refractivity contribution in [3.8, 4) is 0 Å². The Balaban J connectivity index is 1.76. The van der Waals surface area contributed by atoms with Crippen LogP contribution in [0.1, 0.15) is 30.9 Å². The highest BCUT2D eigenvalue weighted by molar-refractivity contribution is 5.20. The van der Waals surface area contributed by atoms with Gasteiger partial charge in [-0.25, -0.2) is 8.78 Å². The molecule has 1 aliphatic rings. The molecule has 1 fully saturated rings. The smallest absolute Gasteiger partial charge is 0.159 e. The van der Waals surface area contributed by atoms with Gasteiger partial charge in [0.15, 0.2) is 11.6 Å². The first-order chi connectivity index (χ1) is 8.16. The fourth-order valence-electron chi connectivity index (χ4n) is 1.71. The summed E-state index contributed by atoms with van der Waals surface area (Å²) in [5.74, 6) is -0.888. The maximum absolute atomic E-state index is 13.0. The first-order valence-electron chi connectivity index (χ1n) is 5.95. The molecule has 2 rings (SSSR count). The molecule has 0 aromatic heterocycles. The highest BCUT2D eigenvalue weighted by Crippen LogP contribution is 2.32. The zero-order chi connectivity index (χ0) is 12.3. The summed E-state index contributed by atoms with van der Waals surface area (Å²) < 4.78 is 31.1. The fourth-order valence-corrected chi connectivity index (χ4v) is 1.71. The molecule has 94 valence electrons. The summed E-state index contributed by atoms with van der Waals surface area (Å²) in [6, 6.07) is 3.32. The summed E-state index contributed by atoms with van der Waals surface area (Å²) in [4.78, 5) is 0. The van der Waals surface area contributed by atoms with Crippen LogP contribution in [0.2, 0.25) is 0 Å². The molecule has 0 saturated heterocycles. The number of halogens is 2. The van der Waals surface area contributed by atoms with Crippen molar-refractivity contribution < 1.29 is 13.5 Å². The zero-order valence-electron chi connectivity index (χ0n) is 9.66. The van der Waals surface area contributed by atoms with Crippen LogP contribution in [-0.2, 0) is 4.74 Å². The van der Waals surface area contributed by atoms with Crippen molar-refractivity contribution >= 4 is 0 Å². The molecule has 1 aliphatic carbocycles. The standard InChI is InChI=1S/C13H17F2NO/c14-11-4-3-10(7-12(11)15)13(16)8-17-6-5-9-1-2-9/h3-4,7,9,13H,1-2,5-6,8,16H2. The highest BCUT2D eigenvalue weighted by atomic mass is 19.2. The van der Waals surface area contributed by atoms with Gasteiger partial charge in [-0.3, -0.25) is 0 Å². The van der Waals surface area contributed by atoms with Crippen LogP contribution < -0.4 is 5.73 Å². The third-order valence-corrected chi connectivity index (χ3v) is 3.04. The number of ether oxygens (including phenoxy) is 1. The van der Waals surface area contributed by atoms with Crippen molar-refractivity contribution in [1.29, 1.82) is 0 Å². The van der Waals surface area contributed by atoms with E-state index in [-0.39, 0.29) is 0 Å². The van der Waals surface area contributed by atoms with Gasteiger partial charge < -0.3 is 10.5 Å². The van der Waals surface area contributed by atoms with Crippen LogP contribution in [-0.4, -0.2) is 13.2 Å². The van der Waals surface area contributed by atoms with Crippen molar-refractivity contribution in [2.75, 3.05) is 13.2 Å². The fraction of sp³-hybridized carbons (Fsp3) is 0.538. The molecule has 2 N–H and O–H groups in total. The quantitative estimate of drug-likeness (QED) is 0.777. The van der Waals surface area contributed by atoms with E-state index in [0.717, 1.165) is 24.5 Å². The van der Waals surface area contributed by atoms with Gasteiger partial charge in [0.1, 0.15) is 0 Å². The molecule has 1 aromatic carbocycles. The van der Waals surface area contributed by atoms with E-state index in [1.54, 1.807) is 0 Å². The van der Waals surface area contributed by atoms with E-state index in [1.165, 1.54) is 18.9 Å². The van der Waals surface area contributed by atoms with Gasteiger partial charge in [-0.2, -0.15) is 0 Å². The Labute approximate surface area is 99.8 Å². The largest absolute Gasteiger partial charge is 0.379 e. The van der Waals surface area contributed by atoms with E-state index in [9.17, 15) is 8.78 Å². The summed E-state index contributed by atoms with van der Waals surface area (Å²) >= 11 is 0. The maximum atomic E-state index is 13.0. The van der Waals surface area contributed by atoms with Gasteiger partial charge in [0.05, 0.1) is 12.6 Å². The van der Waals surface area contributed by atoms with Gasteiger partial charge in [0, 0.05) is 6.61 Å². The molecule has 0 amide bonds. The lowest BCUT2D eigenvalue weighted by molar-refractivity contribution is 0.115. The van der Waals surface area contributed by atoms with E-state index in [4.69, 9.17) is 10.5 Å². The van der Waals surface area contributed by atoms with Crippen LogP contribution in [0.4, 0.5) is 8.78 Å². The molecule has 0 bridgehead atoms. The van der Waals surface area contributed by atoms with Crippen LogP contribution in [0.15, 0.2) is 18.2 Å². The summed E-state index contributed by atoms with van der Waals surface area (Å²) in [7, 11) is 0. The van der Waals surface area contributed by atoms with Gasteiger partial charge in [-0.05, 0) is 30.0 Å². The van der Waals surface area contributed by atoms with E-state index in [1.807, 2.05) is 0 Å². The average molecular weight is 241 g/mol. The van der Waals surface area contributed by atoms with Crippen LogP contribution in [0.3, 0.4) is 0 Å². The molecule has 1 saturated carbocycles. The Morgan fingerprint density at radius 3 is 2.71 bits per heavy atom. The minimum atomic E-state index is -0.865. The van der Waals surface area contributed by atoms with Gasteiger partial charge in [-0.15, -0.1) is 0 Å². The second-order valence-electron chi connectivity index (χ2n) is 4.59. The summed E-state index contributed by atoms with van der Waals surface area (Å²) in [6.45, 7) is 1.04. The second-order valence-corrected chi connectivity index (χ2v) is 4.59. The topological polar surface area (TPSA) is 35.2 Å². The lowest BCUT2D eigenvalue weighted by atomic mass is 10.1. The van der Waals surface area contributed by atoms with Crippen LogP contribution >= 0.6 is 0 Å². The lowest BCUT2D eigenvalue weighted by Crippen LogP contribution is -2.18. The van der Waals surface area contributed by atoms with Crippen molar-refractivity contribution in [3.63, 3.8) is 0 Å². The summed E-state index contributed by atoms with van der Waals surface area (Å²) in [5, 5.41) is 0. The number of hydrogen-bond donors (Lipinski definition) is 1. The Morgan fingerprint density at radius 2 is 2.06 bits per heavy atom. The second kappa shape index (κ2) is 5.56. The highest BCUT2D eigenvalue weighted by Gasteiger charge is 2.20. The van der Waals surface area contributed by atoms with Crippen LogP contribution in [0, 0.1) is 17.6 Å². The van der Waals surface area contributed by atoms with E-state index >= 15 is 0 Å². The van der Waals surface area contributed by atoms with Gasteiger partial charge >= 0.3 is 0 Å². The summed E-state index contributed by atoms with van der Waals surface area (Å²) in [5.41, 5.74) is 6.40. The number of hydrogen-bond acceptors (Lipinski definition) is 2. The Bertz CT molecular complexity index is 380. The summed E-state index contributed by atoms with van der Waals surface area (Å²) in [6.07, 6.45) is 3.68. The Morgan fingerprint density at radius 1 is 1.29 bits per heavy atom. The van der Waals surface area contributed by atoms with E-state index in [2.05, 4.69) is 0 Å². The normalized spacial score (nSPS) is 17.1. The molecule has 1 aromatic rings. The number of rotatable bonds is 6. The van der Waals surface area contributed by atoms with E-state index < -0.39 is 17.7 Å². The van der Waals surface area contributed by atoms with E-state index in [0.29, 0.717) is 18.8 Å². The minimum absolute atomic E-state index is 0.345.